The third-order valence-electron chi connectivity index (χ3n) is 6.44. The predicted molar refractivity (Wildman–Crippen MR) is 108 cm³/mol. The van der Waals surface area contributed by atoms with Crippen LogP contribution in [0.3, 0.4) is 0 Å². The summed E-state index contributed by atoms with van der Waals surface area (Å²) in [6.07, 6.45) is 3.81. The van der Waals surface area contributed by atoms with Crippen molar-refractivity contribution >= 4 is 22.8 Å². The molecule has 0 aliphatic carbocycles. The fourth-order valence-electron chi connectivity index (χ4n) is 4.76. The van der Waals surface area contributed by atoms with Crippen molar-refractivity contribution in [3.63, 3.8) is 0 Å². The Hall–Kier alpha value is -2.45. The van der Waals surface area contributed by atoms with Crippen LogP contribution in [0.4, 0.5) is 0 Å². The lowest BCUT2D eigenvalue weighted by Gasteiger charge is -2.31. The molecule has 5 rings (SSSR count). The second-order valence-corrected chi connectivity index (χ2v) is 8.63. The van der Waals surface area contributed by atoms with Gasteiger partial charge in [-0.25, -0.2) is 4.98 Å². The largest absolute Gasteiger partial charge is 0.449 e. The van der Waals surface area contributed by atoms with Gasteiger partial charge in [0.25, 0.3) is 11.8 Å². The zero-order chi connectivity index (χ0) is 20.0. The summed E-state index contributed by atoms with van der Waals surface area (Å²) in [5.41, 5.74) is 0.894. The van der Waals surface area contributed by atoms with Crippen LogP contribution >= 0.6 is 0 Å². The van der Waals surface area contributed by atoms with Gasteiger partial charge in [-0.05, 0) is 44.5 Å². The number of piperidine rings is 1. The summed E-state index contributed by atoms with van der Waals surface area (Å²) in [5.74, 6) is 0.738. The number of piperazine rings is 1. The van der Waals surface area contributed by atoms with E-state index in [2.05, 4.69) is 27.1 Å². The highest BCUT2D eigenvalue weighted by Gasteiger charge is 2.33. The van der Waals surface area contributed by atoms with Crippen molar-refractivity contribution in [1.29, 1.82) is 0 Å². The number of hydrogen-bond donors (Lipinski definition) is 1. The third-order valence-corrected chi connectivity index (χ3v) is 6.44. The molecule has 0 saturated carbocycles. The van der Waals surface area contributed by atoms with E-state index in [1.165, 1.54) is 6.42 Å². The molecule has 3 fully saturated rings. The highest BCUT2D eigenvalue weighted by Crippen LogP contribution is 2.27. The van der Waals surface area contributed by atoms with Gasteiger partial charge in [-0.2, -0.15) is 0 Å². The summed E-state index contributed by atoms with van der Waals surface area (Å²) in [7, 11) is 2.05. The molecule has 2 amide bonds. The molecule has 3 aliphatic rings. The van der Waals surface area contributed by atoms with Gasteiger partial charge in [-0.1, -0.05) is 0 Å². The molecule has 0 spiro atoms. The maximum atomic E-state index is 12.7. The van der Waals surface area contributed by atoms with E-state index >= 15 is 0 Å². The molecule has 154 valence electrons. The molecular formula is C21H27N5O3. The number of rotatable bonds is 3. The third kappa shape index (κ3) is 3.74. The molecule has 2 aromatic heterocycles. The first kappa shape index (κ1) is 18.6. The van der Waals surface area contributed by atoms with Crippen LogP contribution in [0.15, 0.2) is 22.7 Å². The first-order valence-electron chi connectivity index (χ1n) is 10.5. The molecule has 2 bridgehead atoms. The summed E-state index contributed by atoms with van der Waals surface area (Å²) >= 11 is 0. The van der Waals surface area contributed by atoms with E-state index in [4.69, 9.17) is 4.42 Å². The van der Waals surface area contributed by atoms with Crippen molar-refractivity contribution in [3.05, 3.63) is 29.8 Å². The molecule has 8 nitrogen and oxygen atoms in total. The number of nitrogens with zero attached hydrogens (tertiary/aromatic N) is 4. The maximum Gasteiger partial charge on any atom is 0.289 e. The average molecular weight is 397 g/mol. The molecule has 3 unspecified atom stereocenters. The van der Waals surface area contributed by atoms with Crippen LogP contribution in [0.5, 0.6) is 0 Å². The van der Waals surface area contributed by atoms with Gasteiger partial charge in [-0.3, -0.25) is 9.59 Å². The summed E-state index contributed by atoms with van der Waals surface area (Å²) < 4.78 is 5.73. The SMILES string of the molecule is CN1CCN(C(=O)c2cc3cc(C(=O)NC4CC5CCN(C5)C4)ncc3o2)CC1. The molecule has 3 saturated heterocycles. The maximum absolute atomic E-state index is 12.7. The van der Waals surface area contributed by atoms with Crippen LogP contribution in [0.2, 0.25) is 0 Å². The van der Waals surface area contributed by atoms with Gasteiger partial charge in [0.1, 0.15) is 5.69 Å². The van der Waals surface area contributed by atoms with Crippen molar-refractivity contribution in [2.75, 3.05) is 52.9 Å². The van der Waals surface area contributed by atoms with Gasteiger partial charge in [0.15, 0.2) is 11.3 Å². The number of likely N-dealkylation sites (N-methyl/N-ethyl adjacent to an activating group) is 1. The Bertz CT molecular complexity index is 922. The zero-order valence-corrected chi connectivity index (χ0v) is 16.8. The number of furan rings is 1. The number of hydrogen-bond acceptors (Lipinski definition) is 6. The van der Waals surface area contributed by atoms with Crippen molar-refractivity contribution in [1.82, 2.24) is 25.0 Å². The fraction of sp³-hybridized carbons (Fsp3) is 0.571. The minimum absolute atomic E-state index is 0.105. The normalized spacial score (nSPS) is 27.3. The Labute approximate surface area is 169 Å². The van der Waals surface area contributed by atoms with Crippen molar-refractivity contribution in [2.45, 2.75) is 18.9 Å². The number of fused-ring (bicyclic) bond motifs is 3. The van der Waals surface area contributed by atoms with Crippen LogP contribution < -0.4 is 5.32 Å². The number of pyridine rings is 1. The summed E-state index contributed by atoms with van der Waals surface area (Å²) in [5, 5.41) is 3.86. The molecule has 5 heterocycles. The molecule has 0 aromatic carbocycles. The topological polar surface area (TPSA) is 81.9 Å². The molecule has 1 N–H and O–H groups in total. The van der Waals surface area contributed by atoms with Crippen LogP contribution in [-0.4, -0.2) is 90.4 Å². The standard InChI is InChI=1S/C21H27N5O3/c1-24-4-6-26(7-5-24)21(28)18-10-15-9-17(22-11-19(15)29-18)20(27)23-16-8-14-2-3-25(12-14)13-16/h9-11,14,16H,2-8,12-13H2,1H3,(H,23,27). The summed E-state index contributed by atoms with van der Waals surface area (Å²) in [6, 6.07) is 3.62. The van der Waals surface area contributed by atoms with E-state index in [-0.39, 0.29) is 17.9 Å². The summed E-state index contributed by atoms with van der Waals surface area (Å²) in [4.78, 5) is 36.1. The van der Waals surface area contributed by atoms with Gasteiger partial charge in [0, 0.05) is 50.7 Å². The van der Waals surface area contributed by atoms with Gasteiger partial charge >= 0.3 is 0 Å². The van der Waals surface area contributed by atoms with Gasteiger partial charge in [0.05, 0.1) is 6.20 Å². The molecular weight excluding hydrogens is 370 g/mol. The zero-order valence-electron chi connectivity index (χ0n) is 16.8. The number of nitrogens with one attached hydrogen (secondary N) is 1. The van der Waals surface area contributed by atoms with Crippen molar-refractivity contribution < 1.29 is 14.0 Å². The van der Waals surface area contributed by atoms with E-state index in [0.717, 1.165) is 44.5 Å². The number of aromatic nitrogens is 1. The first-order chi connectivity index (χ1) is 14.0. The average Bonchev–Trinajstić information content (AvgIpc) is 3.30. The molecule has 3 atom stereocenters. The molecule has 3 aliphatic heterocycles. The lowest BCUT2D eigenvalue weighted by atomic mass is 9.97. The molecule has 29 heavy (non-hydrogen) atoms. The fourth-order valence-corrected chi connectivity index (χ4v) is 4.76. The van der Waals surface area contributed by atoms with E-state index in [1.54, 1.807) is 18.3 Å². The Morgan fingerprint density at radius 3 is 2.76 bits per heavy atom. The van der Waals surface area contributed by atoms with E-state index < -0.39 is 0 Å². The molecule has 8 heteroatoms. The lowest BCUT2D eigenvalue weighted by Crippen LogP contribution is -2.47. The Morgan fingerprint density at radius 2 is 1.97 bits per heavy atom. The van der Waals surface area contributed by atoms with Crippen LogP contribution in [0.25, 0.3) is 11.0 Å². The monoisotopic (exact) mass is 397 g/mol. The number of amides is 2. The van der Waals surface area contributed by atoms with Crippen molar-refractivity contribution in [2.24, 2.45) is 5.92 Å². The Balaban J connectivity index is 1.29. The molecule has 0 radical (unpaired) electrons. The van der Waals surface area contributed by atoms with Crippen LogP contribution in [-0.2, 0) is 0 Å². The second kappa shape index (κ2) is 7.42. The van der Waals surface area contributed by atoms with Crippen molar-refractivity contribution in [3.8, 4) is 0 Å². The van der Waals surface area contributed by atoms with E-state index in [9.17, 15) is 9.59 Å². The highest BCUT2D eigenvalue weighted by atomic mass is 16.3. The minimum Gasteiger partial charge on any atom is -0.449 e. The lowest BCUT2D eigenvalue weighted by molar-refractivity contribution is 0.0634. The van der Waals surface area contributed by atoms with Crippen LogP contribution in [0.1, 0.15) is 33.9 Å². The van der Waals surface area contributed by atoms with Gasteiger partial charge in [-0.15, -0.1) is 0 Å². The summed E-state index contributed by atoms with van der Waals surface area (Å²) in [6.45, 7) is 6.32. The second-order valence-electron chi connectivity index (χ2n) is 8.63. The predicted octanol–water partition coefficient (Wildman–Crippen LogP) is 1.04. The smallest absolute Gasteiger partial charge is 0.289 e. The van der Waals surface area contributed by atoms with Crippen LogP contribution in [0, 0.1) is 5.92 Å². The van der Waals surface area contributed by atoms with Gasteiger partial charge in [0.2, 0.25) is 0 Å². The Kier molecular flexibility index (Phi) is 4.75. The quantitative estimate of drug-likeness (QED) is 0.834. The van der Waals surface area contributed by atoms with E-state index in [0.29, 0.717) is 36.0 Å². The van der Waals surface area contributed by atoms with Gasteiger partial charge < -0.3 is 24.4 Å². The number of carbonyl (C=O) groups excluding carboxylic acids is 2. The highest BCUT2D eigenvalue weighted by molar-refractivity contribution is 5.99. The molecule has 2 aromatic rings. The Morgan fingerprint density at radius 1 is 1.14 bits per heavy atom. The first-order valence-corrected chi connectivity index (χ1v) is 10.5. The van der Waals surface area contributed by atoms with E-state index in [1.807, 2.05) is 4.90 Å². The number of carbonyl (C=O) groups is 2. The minimum atomic E-state index is -0.160.